The minimum Gasteiger partial charge on any atom is -0.350 e. The van der Waals surface area contributed by atoms with Crippen LogP contribution in [0.5, 0.6) is 0 Å². The smallest absolute Gasteiger partial charge is 0.267 e. The predicted molar refractivity (Wildman–Crippen MR) is 116 cm³/mol. The van der Waals surface area contributed by atoms with Gasteiger partial charge in [0.2, 0.25) is 0 Å². The van der Waals surface area contributed by atoms with Crippen molar-refractivity contribution in [2.24, 2.45) is 7.05 Å². The molecule has 0 saturated heterocycles. The average Bonchev–Trinajstić information content (AvgIpc) is 3.14. The third kappa shape index (κ3) is 4.23. The van der Waals surface area contributed by atoms with Crippen molar-refractivity contribution in [1.29, 1.82) is 5.26 Å². The van der Waals surface area contributed by atoms with Crippen LogP contribution in [0, 0.1) is 11.3 Å². The van der Waals surface area contributed by atoms with Crippen LogP contribution in [0.2, 0.25) is 0 Å². The van der Waals surface area contributed by atoms with E-state index in [9.17, 15) is 10.1 Å². The molecule has 2 aromatic carbocycles. The molecule has 0 fully saturated rings. The van der Waals surface area contributed by atoms with Crippen LogP contribution in [0.3, 0.4) is 0 Å². The van der Waals surface area contributed by atoms with Crippen LogP contribution < -0.4 is 9.88 Å². The molecule has 5 nitrogen and oxygen atoms in total. The highest BCUT2D eigenvalue weighted by Crippen LogP contribution is 2.22. The second-order valence-electron chi connectivity index (χ2n) is 7.36. The number of nitriles is 1. The second kappa shape index (κ2) is 8.62. The molecule has 2 heterocycles. The van der Waals surface area contributed by atoms with E-state index in [4.69, 9.17) is 0 Å². The molecule has 0 bridgehead atoms. The van der Waals surface area contributed by atoms with Crippen molar-refractivity contribution in [1.82, 2.24) is 9.88 Å². The summed E-state index contributed by atoms with van der Waals surface area (Å²) < 4.78 is 4.01. The number of aryl methyl sites for hydroxylation is 1. The lowest BCUT2D eigenvalue weighted by molar-refractivity contribution is -0.671. The number of benzene rings is 2. The molecule has 0 atom stereocenters. The van der Waals surface area contributed by atoms with Crippen molar-refractivity contribution in [2.75, 3.05) is 6.54 Å². The minimum absolute atomic E-state index is 0.0934. The fourth-order valence-corrected chi connectivity index (χ4v) is 3.60. The number of hydrogen-bond donors (Lipinski definition) is 1. The Balaban J connectivity index is 1.56. The topological polar surface area (TPSA) is 61.7 Å². The number of amides is 1. The zero-order valence-corrected chi connectivity index (χ0v) is 16.9. The highest BCUT2D eigenvalue weighted by atomic mass is 16.1. The van der Waals surface area contributed by atoms with Crippen LogP contribution in [0.25, 0.3) is 10.9 Å². The van der Waals surface area contributed by atoms with E-state index < -0.39 is 0 Å². The van der Waals surface area contributed by atoms with Gasteiger partial charge in [-0.2, -0.15) is 5.26 Å². The number of carbonyl (C=O) groups is 1. The average molecular weight is 395 g/mol. The number of nitrogens with one attached hydrogen (secondary N) is 1. The van der Waals surface area contributed by atoms with Gasteiger partial charge in [-0.3, -0.25) is 4.79 Å². The number of rotatable bonds is 6. The Hall–Kier alpha value is -3.91. The Bertz CT molecular complexity index is 1230. The van der Waals surface area contributed by atoms with Crippen LogP contribution in [0.1, 0.15) is 27.2 Å². The van der Waals surface area contributed by atoms with Crippen molar-refractivity contribution in [3.8, 4) is 6.07 Å². The Labute approximate surface area is 175 Å². The molecule has 0 radical (unpaired) electrons. The molecule has 0 aliphatic heterocycles. The molecule has 0 aliphatic rings. The Kier molecular flexibility index (Phi) is 5.58. The Morgan fingerprint density at radius 2 is 1.83 bits per heavy atom. The summed E-state index contributed by atoms with van der Waals surface area (Å²) in [6.45, 7) is 1.10. The van der Waals surface area contributed by atoms with E-state index in [1.807, 2.05) is 77.1 Å². The monoisotopic (exact) mass is 395 g/mol. The molecule has 0 aliphatic carbocycles. The summed E-state index contributed by atoms with van der Waals surface area (Å²) in [4.78, 5) is 13.0. The first kappa shape index (κ1) is 19.4. The van der Waals surface area contributed by atoms with Crippen LogP contribution in [0.15, 0.2) is 79.1 Å². The lowest BCUT2D eigenvalue weighted by atomic mass is 10.1. The largest absolute Gasteiger partial charge is 0.350 e. The first-order chi connectivity index (χ1) is 14.6. The van der Waals surface area contributed by atoms with E-state index >= 15 is 0 Å². The Morgan fingerprint density at radius 1 is 1.03 bits per heavy atom. The molecule has 0 spiro atoms. The number of hydrogen-bond acceptors (Lipinski definition) is 2. The molecule has 5 heteroatoms. The summed E-state index contributed by atoms with van der Waals surface area (Å²) in [5.41, 5.74) is 4.41. The molecule has 1 amide bonds. The molecule has 30 heavy (non-hydrogen) atoms. The van der Waals surface area contributed by atoms with Gasteiger partial charge < -0.3 is 9.88 Å². The maximum atomic E-state index is 13.0. The summed E-state index contributed by atoms with van der Waals surface area (Å²) in [5, 5.41) is 13.3. The second-order valence-corrected chi connectivity index (χ2v) is 7.36. The van der Waals surface area contributed by atoms with E-state index in [0.29, 0.717) is 24.3 Å². The number of fused-ring (bicyclic) bond motifs is 1. The zero-order valence-electron chi connectivity index (χ0n) is 16.9. The van der Waals surface area contributed by atoms with Gasteiger partial charge in [0.1, 0.15) is 12.7 Å². The fourth-order valence-electron chi connectivity index (χ4n) is 3.60. The van der Waals surface area contributed by atoms with Crippen molar-refractivity contribution in [3.63, 3.8) is 0 Å². The molecule has 4 rings (SSSR count). The lowest BCUT2D eigenvalue weighted by Gasteiger charge is -2.12. The summed E-state index contributed by atoms with van der Waals surface area (Å²) >= 11 is 0. The molecule has 2 aromatic heterocycles. The number of aromatic nitrogens is 2. The predicted octanol–water partition coefficient (Wildman–Crippen LogP) is 3.36. The summed E-state index contributed by atoms with van der Waals surface area (Å²) in [6, 6.07) is 23.7. The van der Waals surface area contributed by atoms with E-state index in [2.05, 4.69) is 23.5 Å². The summed E-state index contributed by atoms with van der Waals surface area (Å²) in [6.07, 6.45) is 4.78. The van der Waals surface area contributed by atoms with Gasteiger partial charge in [-0.15, -0.1) is 0 Å². The van der Waals surface area contributed by atoms with E-state index in [-0.39, 0.29) is 5.91 Å². The van der Waals surface area contributed by atoms with Gasteiger partial charge in [-0.25, -0.2) is 4.57 Å². The standard InChI is InChI=1S/C25H22N4O/c1-28-13-10-19(11-14-28)9-12-27-25(30)24-16-22-7-2-3-8-23(22)29(24)18-21-6-4-5-20(15-21)17-26/h2-8,10-11,13-16H,9,12,18H2,1H3/p+1. The summed E-state index contributed by atoms with van der Waals surface area (Å²) in [7, 11) is 1.98. The molecule has 0 unspecified atom stereocenters. The van der Waals surface area contributed by atoms with Crippen LogP contribution in [0.4, 0.5) is 0 Å². The molecule has 0 saturated carbocycles. The van der Waals surface area contributed by atoms with Gasteiger partial charge >= 0.3 is 0 Å². The van der Waals surface area contributed by atoms with E-state index in [0.717, 1.165) is 22.9 Å². The number of nitrogens with zero attached hydrogens (tertiary/aromatic N) is 3. The van der Waals surface area contributed by atoms with Gasteiger partial charge in [0.25, 0.3) is 5.91 Å². The molecular formula is C25H23N4O+. The maximum absolute atomic E-state index is 13.0. The van der Waals surface area contributed by atoms with E-state index in [1.54, 1.807) is 6.07 Å². The maximum Gasteiger partial charge on any atom is 0.267 e. The van der Waals surface area contributed by atoms with Gasteiger partial charge in [-0.05, 0) is 41.8 Å². The Morgan fingerprint density at radius 3 is 2.63 bits per heavy atom. The van der Waals surface area contributed by atoms with Gasteiger partial charge in [0, 0.05) is 36.1 Å². The highest BCUT2D eigenvalue weighted by molar-refractivity contribution is 5.98. The first-order valence-electron chi connectivity index (χ1n) is 9.94. The van der Waals surface area contributed by atoms with Crippen molar-refractivity contribution in [2.45, 2.75) is 13.0 Å². The quantitative estimate of drug-likeness (QED) is 0.509. The van der Waals surface area contributed by atoms with Gasteiger partial charge in [0.15, 0.2) is 12.4 Å². The number of pyridine rings is 1. The van der Waals surface area contributed by atoms with Crippen molar-refractivity contribution >= 4 is 16.8 Å². The third-order valence-electron chi connectivity index (χ3n) is 5.19. The third-order valence-corrected chi connectivity index (χ3v) is 5.19. The zero-order chi connectivity index (χ0) is 20.9. The van der Waals surface area contributed by atoms with Crippen molar-refractivity contribution in [3.05, 3.63) is 102 Å². The highest BCUT2D eigenvalue weighted by Gasteiger charge is 2.15. The van der Waals surface area contributed by atoms with Crippen LogP contribution in [-0.4, -0.2) is 17.0 Å². The van der Waals surface area contributed by atoms with Crippen LogP contribution in [-0.2, 0) is 20.0 Å². The SMILES string of the molecule is C[n+]1ccc(CCNC(=O)c2cc3ccccc3n2Cc2cccc(C#N)c2)cc1. The molecule has 148 valence electrons. The minimum atomic E-state index is -0.0934. The molecule has 1 N–H and O–H groups in total. The van der Waals surface area contributed by atoms with Gasteiger partial charge in [-0.1, -0.05) is 30.3 Å². The fraction of sp³-hybridized carbons (Fsp3) is 0.160. The first-order valence-corrected chi connectivity index (χ1v) is 9.94. The lowest BCUT2D eigenvalue weighted by Crippen LogP contribution is -2.29. The number of para-hydroxylation sites is 1. The number of carbonyl (C=O) groups excluding carboxylic acids is 1. The van der Waals surface area contributed by atoms with Crippen molar-refractivity contribution < 1.29 is 9.36 Å². The van der Waals surface area contributed by atoms with Gasteiger partial charge in [0.05, 0.1) is 11.6 Å². The molecular weight excluding hydrogens is 372 g/mol. The normalized spacial score (nSPS) is 10.7. The van der Waals surface area contributed by atoms with Crippen LogP contribution >= 0.6 is 0 Å². The summed E-state index contributed by atoms with van der Waals surface area (Å²) in [5.74, 6) is -0.0934. The van der Waals surface area contributed by atoms with E-state index in [1.165, 1.54) is 5.56 Å². The molecule has 4 aromatic rings.